The fraction of sp³-hybridized carbons (Fsp3) is 0.316. The van der Waals surface area contributed by atoms with Gasteiger partial charge in [0.2, 0.25) is 0 Å². The summed E-state index contributed by atoms with van der Waals surface area (Å²) in [7, 11) is -0.419. The van der Waals surface area contributed by atoms with Crippen molar-refractivity contribution in [2.45, 2.75) is 18.0 Å². The molecule has 0 radical (unpaired) electrons. The molecule has 0 saturated heterocycles. The van der Waals surface area contributed by atoms with Gasteiger partial charge in [0.15, 0.2) is 5.03 Å². The maximum Gasteiger partial charge on any atom is 0.271 e. The number of nitrogens with zero attached hydrogens (tertiary/aromatic N) is 5. The van der Waals surface area contributed by atoms with Crippen LogP contribution in [0.15, 0.2) is 47.9 Å². The first-order chi connectivity index (χ1) is 13.9. The number of hydrogen-bond acceptors (Lipinski definition) is 5. The molecule has 0 aliphatic carbocycles. The van der Waals surface area contributed by atoms with E-state index in [0.717, 1.165) is 11.3 Å². The number of nitrogens with one attached hydrogen (secondary N) is 1. The van der Waals surface area contributed by atoms with Crippen LogP contribution in [0, 0.1) is 0 Å². The lowest BCUT2D eigenvalue weighted by Gasteiger charge is -2.18. The molecule has 4 rings (SSSR count). The predicted molar refractivity (Wildman–Crippen MR) is 107 cm³/mol. The number of hydrogen-bond donors (Lipinski definition) is 1. The number of benzene rings is 1. The lowest BCUT2D eigenvalue weighted by atomic mass is 10.2. The molecule has 1 amide bonds. The number of rotatable bonds is 4. The molecule has 3 aromatic rings. The summed E-state index contributed by atoms with van der Waals surface area (Å²) >= 11 is 0. The van der Waals surface area contributed by atoms with Gasteiger partial charge in [0.25, 0.3) is 15.9 Å². The Morgan fingerprint density at radius 3 is 2.55 bits per heavy atom. The number of amides is 1. The molecule has 1 N–H and O–H groups in total. The fourth-order valence-electron chi connectivity index (χ4n) is 3.54. The minimum atomic E-state index is -3.71. The Morgan fingerprint density at radius 1 is 1.14 bits per heavy atom. The molecule has 0 unspecified atom stereocenters. The highest BCUT2D eigenvalue weighted by Gasteiger charge is 2.31. The molecule has 10 heteroatoms. The standard InChI is InChI=1S/C19H22N6O3S/c1-20-19(26)17-15-8-9-24(29(27,28)16-12-23(2)13-21-16)10-11-25(15)18(22-17)14-6-4-3-5-7-14/h3-7,12-13H,8-11H2,1-2H3,(H,20,26). The molecule has 3 heterocycles. The Morgan fingerprint density at radius 2 is 1.90 bits per heavy atom. The summed E-state index contributed by atoms with van der Waals surface area (Å²) in [4.78, 5) is 21.0. The number of aryl methyl sites for hydroxylation is 1. The normalized spacial score (nSPS) is 15.0. The molecule has 0 spiro atoms. The van der Waals surface area contributed by atoms with Crippen LogP contribution in [0.5, 0.6) is 0 Å². The van der Waals surface area contributed by atoms with Gasteiger partial charge in [0.05, 0.1) is 12.0 Å². The number of aromatic nitrogens is 4. The SMILES string of the molecule is CNC(=O)c1nc(-c2ccccc2)n2c1CCN(S(=O)(=O)c1cn(C)cn1)CC2. The van der Waals surface area contributed by atoms with Gasteiger partial charge in [-0.15, -0.1) is 0 Å². The first-order valence-electron chi connectivity index (χ1n) is 9.27. The van der Waals surface area contributed by atoms with E-state index in [-0.39, 0.29) is 24.0 Å². The summed E-state index contributed by atoms with van der Waals surface area (Å²) < 4.78 is 31.0. The number of carbonyl (C=O) groups is 1. The first kappa shape index (κ1) is 19.3. The topological polar surface area (TPSA) is 102 Å². The van der Waals surface area contributed by atoms with Crippen molar-refractivity contribution in [3.63, 3.8) is 0 Å². The maximum atomic E-state index is 13.0. The summed E-state index contributed by atoms with van der Waals surface area (Å²) in [6.07, 6.45) is 3.34. The maximum absolute atomic E-state index is 13.0. The Labute approximate surface area is 169 Å². The molecule has 152 valence electrons. The molecule has 1 aliphatic rings. The number of carbonyl (C=O) groups excluding carboxylic acids is 1. The Bertz CT molecular complexity index is 1150. The van der Waals surface area contributed by atoms with E-state index < -0.39 is 10.0 Å². The van der Waals surface area contributed by atoms with Crippen LogP contribution in [0.3, 0.4) is 0 Å². The van der Waals surface area contributed by atoms with Crippen molar-refractivity contribution in [1.29, 1.82) is 0 Å². The van der Waals surface area contributed by atoms with E-state index in [1.54, 1.807) is 18.7 Å². The molecule has 0 saturated carbocycles. The highest BCUT2D eigenvalue weighted by Crippen LogP contribution is 2.26. The van der Waals surface area contributed by atoms with Gasteiger partial charge in [-0.25, -0.2) is 18.4 Å². The summed E-state index contributed by atoms with van der Waals surface area (Å²) in [5, 5.41) is 2.65. The first-order valence-corrected chi connectivity index (χ1v) is 10.7. The van der Waals surface area contributed by atoms with E-state index in [2.05, 4.69) is 15.3 Å². The van der Waals surface area contributed by atoms with Crippen molar-refractivity contribution in [2.24, 2.45) is 7.05 Å². The second-order valence-electron chi connectivity index (χ2n) is 6.86. The monoisotopic (exact) mass is 414 g/mol. The van der Waals surface area contributed by atoms with Gasteiger partial charge in [-0.05, 0) is 0 Å². The molecule has 1 aromatic carbocycles. The molecule has 0 atom stereocenters. The van der Waals surface area contributed by atoms with E-state index in [9.17, 15) is 13.2 Å². The van der Waals surface area contributed by atoms with Crippen LogP contribution in [-0.2, 0) is 30.0 Å². The third kappa shape index (κ3) is 3.45. The second kappa shape index (κ2) is 7.45. The molecule has 0 bridgehead atoms. The highest BCUT2D eigenvalue weighted by molar-refractivity contribution is 7.89. The van der Waals surface area contributed by atoms with Gasteiger partial charge < -0.3 is 14.5 Å². The Kier molecular flexibility index (Phi) is 4.97. The minimum Gasteiger partial charge on any atom is -0.354 e. The second-order valence-corrected chi connectivity index (χ2v) is 8.74. The van der Waals surface area contributed by atoms with Gasteiger partial charge in [0.1, 0.15) is 11.5 Å². The Balaban J connectivity index is 1.73. The third-order valence-corrected chi connectivity index (χ3v) is 6.79. The van der Waals surface area contributed by atoms with Crippen molar-refractivity contribution in [3.05, 3.63) is 54.2 Å². The van der Waals surface area contributed by atoms with Gasteiger partial charge in [-0.2, -0.15) is 4.31 Å². The smallest absolute Gasteiger partial charge is 0.271 e. The zero-order valence-corrected chi connectivity index (χ0v) is 17.1. The summed E-state index contributed by atoms with van der Waals surface area (Å²) in [6.45, 7) is 0.924. The minimum absolute atomic E-state index is 0.0273. The molecule has 1 aliphatic heterocycles. The van der Waals surface area contributed by atoms with Crippen LogP contribution in [0.4, 0.5) is 0 Å². The van der Waals surface area contributed by atoms with Crippen LogP contribution in [0.2, 0.25) is 0 Å². The van der Waals surface area contributed by atoms with Gasteiger partial charge in [0, 0.05) is 51.9 Å². The van der Waals surface area contributed by atoms with Gasteiger partial charge in [-0.1, -0.05) is 30.3 Å². The third-order valence-electron chi connectivity index (χ3n) is 5.00. The number of imidazole rings is 2. The van der Waals surface area contributed by atoms with E-state index in [1.165, 1.54) is 16.8 Å². The molecule has 0 fully saturated rings. The van der Waals surface area contributed by atoms with Crippen molar-refractivity contribution in [3.8, 4) is 11.4 Å². The van der Waals surface area contributed by atoms with Crippen LogP contribution in [0.25, 0.3) is 11.4 Å². The lowest BCUT2D eigenvalue weighted by Crippen LogP contribution is -2.34. The number of fused-ring (bicyclic) bond motifs is 1. The average molecular weight is 414 g/mol. The molecular formula is C19H22N6O3S. The molecule has 9 nitrogen and oxygen atoms in total. The largest absolute Gasteiger partial charge is 0.354 e. The zero-order valence-electron chi connectivity index (χ0n) is 16.2. The molecule has 2 aromatic heterocycles. The van der Waals surface area contributed by atoms with Crippen molar-refractivity contribution >= 4 is 15.9 Å². The fourth-order valence-corrected chi connectivity index (χ4v) is 4.94. The van der Waals surface area contributed by atoms with Crippen LogP contribution < -0.4 is 5.32 Å². The lowest BCUT2D eigenvalue weighted by molar-refractivity contribution is 0.0957. The van der Waals surface area contributed by atoms with Crippen molar-refractivity contribution in [2.75, 3.05) is 20.1 Å². The zero-order chi connectivity index (χ0) is 20.6. The van der Waals surface area contributed by atoms with Crippen LogP contribution in [-0.4, -0.2) is 57.9 Å². The van der Waals surface area contributed by atoms with Crippen molar-refractivity contribution < 1.29 is 13.2 Å². The van der Waals surface area contributed by atoms with E-state index >= 15 is 0 Å². The highest BCUT2D eigenvalue weighted by atomic mass is 32.2. The van der Waals surface area contributed by atoms with Crippen molar-refractivity contribution in [1.82, 2.24) is 28.7 Å². The van der Waals surface area contributed by atoms with Crippen LogP contribution >= 0.6 is 0 Å². The summed E-state index contributed by atoms with van der Waals surface area (Å²) in [5.74, 6) is 0.383. The molecule has 29 heavy (non-hydrogen) atoms. The van der Waals surface area contributed by atoms with Gasteiger partial charge >= 0.3 is 0 Å². The predicted octanol–water partition coefficient (Wildman–Crippen LogP) is 0.890. The number of sulfonamides is 1. The van der Waals surface area contributed by atoms with E-state index in [4.69, 9.17) is 0 Å². The van der Waals surface area contributed by atoms with Gasteiger partial charge in [-0.3, -0.25) is 4.79 Å². The summed E-state index contributed by atoms with van der Waals surface area (Å²) in [5.41, 5.74) is 1.95. The van der Waals surface area contributed by atoms with Crippen LogP contribution in [0.1, 0.15) is 16.2 Å². The Hall–Kier alpha value is -2.98. The molecular weight excluding hydrogens is 392 g/mol. The van der Waals surface area contributed by atoms with E-state index in [0.29, 0.717) is 24.5 Å². The quantitative estimate of drug-likeness (QED) is 0.683. The average Bonchev–Trinajstić information content (AvgIpc) is 3.25. The van der Waals surface area contributed by atoms with E-state index in [1.807, 2.05) is 34.9 Å². The summed E-state index contributed by atoms with van der Waals surface area (Å²) in [6, 6.07) is 9.58.